The first-order chi connectivity index (χ1) is 12.0. The second-order valence-electron chi connectivity index (χ2n) is 5.20. The summed E-state index contributed by atoms with van der Waals surface area (Å²) < 4.78 is 0. The molecule has 2 aromatic carbocycles. The van der Waals surface area contributed by atoms with Gasteiger partial charge in [0, 0.05) is 22.3 Å². The van der Waals surface area contributed by atoms with Crippen LogP contribution in [0.2, 0.25) is 10.0 Å². The molecular formula is C18H13Cl2N3O2. The molecule has 0 radical (unpaired) electrons. The Labute approximate surface area is 154 Å². The van der Waals surface area contributed by atoms with Crippen molar-refractivity contribution in [3.05, 3.63) is 75.9 Å². The Kier molecular flexibility index (Phi) is 5.16. The number of anilines is 1. The van der Waals surface area contributed by atoms with Gasteiger partial charge in [0.25, 0.3) is 0 Å². The molecule has 126 valence electrons. The van der Waals surface area contributed by atoms with Gasteiger partial charge in [-0.1, -0.05) is 53.5 Å². The fourth-order valence-corrected chi connectivity index (χ4v) is 2.63. The summed E-state index contributed by atoms with van der Waals surface area (Å²) in [5.74, 6) is 0.257. The average Bonchev–Trinajstić information content (AvgIpc) is 2.60. The van der Waals surface area contributed by atoms with Crippen molar-refractivity contribution in [2.45, 2.75) is 6.92 Å². The lowest BCUT2D eigenvalue weighted by atomic mass is 10.2. The van der Waals surface area contributed by atoms with E-state index in [1.54, 1.807) is 12.1 Å². The lowest BCUT2D eigenvalue weighted by molar-refractivity contribution is 0.0595. The van der Waals surface area contributed by atoms with E-state index in [9.17, 15) is 4.79 Å². The quantitative estimate of drug-likeness (QED) is 0.655. The topological polar surface area (TPSA) is 64.1 Å². The molecule has 0 aliphatic heterocycles. The molecule has 0 spiro atoms. The number of nitrogens with one attached hydrogen (secondary N) is 1. The Bertz CT molecular complexity index is 917. The first kappa shape index (κ1) is 17.2. The zero-order valence-electron chi connectivity index (χ0n) is 13.2. The van der Waals surface area contributed by atoms with Crippen LogP contribution in [0.15, 0.2) is 54.6 Å². The van der Waals surface area contributed by atoms with Crippen molar-refractivity contribution in [1.82, 2.24) is 9.97 Å². The van der Waals surface area contributed by atoms with Crippen LogP contribution in [-0.4, -0.2) is 15.9 Å². The van der Waals surface area contributed by atoms with Gasteiger partial charge < -0.3 is 4.84 Å². The molecule has 25 heavy (non-hydrogen) atoms. The van der Waals surface area contributed by atoms with Gasteiger partial charge in [-0.05, 0) is 25.1 Å². The highest BCUT2D eigenvalue weighted by atomic mass is 35.5. The molecule has 0 unspecified atom stereocenters. The van der Waals surface area contributed by atoms with Crippen molar-refractivity contribution in [2.24, 2.45) is 0 Å². The maximum absolute atomic E-state index is 12.1. The molecule has 0 saturated heterocycles. The Morgan fingerprint density at radius 3 is 2.52 bits per heavy atom. The van der Waals surface area contributed by atoms with E-state index in [2.05, 4.69) is 15.4 Å². The van der Waals surface area contributed by atoms with E-state index in [0.29, 0.717) is 16.7 Å². The molecule has 7 heteroatoms. The number of carbonyl (C=O) groups is 1. The molecule has 0 aliphatic carbocycles. The monoisotopic (exact) mass is 373 g/mol. The minimum atomic E-state index is -0.640. The summed E-state index contributed by atoms with van der Waals surface area (Å²) in [7, 11) is 0. The molecule has 0 aliphatic rings. The van der Waals surface area contributed by atoms with Crippen molar-refractivity contribution in [3.63, 3.8) is 0 Å². The highest BCUT2D eigenvalue weighted by molar-refractivity contribution is 6.36. The fourth-order valence-electron chi connectivity index (χ4n) is 2.15. The van der Waals surface area contributed by atoms with Crippen LogP contribution in [0.4, 0.5) is 5.82 Å². The van der Waals surface area contributed by atoms with Crippen molar-refractivity contribution in [1.29, 1.82) is 0 Å². The van der Waals surface area contributed by atoms with Crippen LogP contribution in [0.1, 0.15) is 16.1 Å². The van der Waals surface area contributed by atoms with Crippen LogP contribution in [0.3, 0.4) is 0 Å². The zero-order valence-corrected chi connectivity index (χ0v) is 14.7. The van der Waals surface area contributed by atoms with E-state index in [-0.39, 0.29) is 10.6 Å². The molecular weight excluding hydrogens is 361 g/mol. The Morgan fingerprint density at radius 2 is 1.80 bits per heavy atom. The predicted octanol–water partition coefficient (Wildman–Crippen LogP) is 4.94. The standard InChI is InChI=1S/C18H13Cl2N3O2/c1-11-9-16(22-17(21-11)12-5-3-2-4-6-12)23-25-18(24)14-8-7-13(19)10-15(14)20/h2-10H,1H3,(H,21,22,23). The summed E-state index contributed by atoms with van der Waals surface area (Å²) in [6.45, 7) is 1.83. The molecule has 1 N–H and O–H groups in total. The van der Waals surface area contributed by atoms with Gasteiger partial charge in [0.15, 0.2) is 11.6 Å². The highest BCUT2D eigenvalue weighted by Crippen LogP contribution is 2.22. The number of nitrogens with zero attached hydrogens (tertiary/aromatic N) is 2. The largest absolute Gasteiger partial charge is 0.364 e. The van der Waals surface area contributed by atoms with E-state index in [1.165, 1.54) is 12.1 Å². The first-order valence-corrected chi connectivity index (χ1v) is 8.12. The predicted molar refractivity (Wildman–Crippen MR) is 97.7 cm³/mol. The number of hydrogen-bond acceptors (Lipinski definition) is 5. The number of benzene rings is 2. The number of aromatic nitrogens is 2. The SMILES string of the molecule is Cc1cc(NOC(=O)c2ccc(Cl)cc2Cl)nc(-c2ccccc2)n1. The number of carbonyl (C=O) groups excluding carboxylic acids is 1. The van der Waals surface area contributed by atoms with Gasteiger partial charge in [0.05, 0.1) is 10.6 Å². The van der Waals surface area contributed by atoms with E-state index in [0.717, 1.165) is 11.3 Å². The van der Waals surface area contributed by atoms with Gasteiger partial charge in [-0.2, -0.15) is 5.48 Å². The minimum Gasteiger partial charge on any atom is -0.336 e. The maximum atomic E-state index is 12.1. The van der Waals surface area contributed by atoms with Crippen LogP contribution in [-0.2, 0) is 4.84 Å². The van der Waals surface area contributed by atoms with Crippen LogP contribution in [0.25, 0.3) is 11.4 Å². The van der Waals surface area contributed by atoms with Crippen LogP contribution in [0, 0.1) is 6.92 Å². The Balaban J connectivity index is 1.77. The summed E-state index contributed by atoms with van der Waals surface area (Å²) in [5.41, 5.74) is 4.34. The average molecular weight is 374 g/mol. The Morgan fingerprint density at radius 1 is 1.04 bits per heavy atom. The number of hydrogen-bond donors (Lipinski definition) is 1. The van der Waals surface area contributed by atoms with Gasteiger partial charge in [-0.25, -0.2) is 14.8 Å². The van der Waals surface area contributed by atoms with Crippen molar-refractivity contribution in [3.8, 4) is 11.4 Å². The summed E-state index contributed by atoms with van der Waals surface area (Å²) in [6.07, 6.45) is 0. The summed E-state index contributed by atoms with van der Waals surface area (Å²) in [6, 6.07) is 15.7. The molecule has 0 atom stereocenters. The van der Waals surface area contributed by atoms with Crippen molar-refractivity contribution < 1.29 is 9.63 Å². The second kappa shape index (κ2) is 7.51. The Hall–Kier alpha value is -2.63. The third-order valence-corrected chi connectivity index (χ3v) is 3.83. The van der Waals surface area contributed by atoms with Crippen molar-refractivity contribution in [2.75, 3.05) is 5.48 Å². The minimum absolute atomic E-state index is 0.202. The fraction of sp³-hybridized carbons (Fsp3) is 0.0556. The van der Waals surface area contributed by atoms with Crippen LogP contribution < -0.4 is 5.48 Å². The zero-order chi connectivity index (χ0) is 17.8. The number of aryl methyl sites for hydroxylation is 1. The third-order valence-electron chi connectivity index (χ3n) is 3.29. The molecule has 0 saturated carbocycles. The number of rotatable bonds is 4. The summed E-state index contributed by atoms with van der Waals surface area (Å²) in [4.78, 5) is 25.9. The van der Waals surface area contributed by atoms with Gasteiger partial charge >= 0.3 is 5.97 Å². The van der Waals surface area contributed by atoms with Gasteiger partial charge in [-0.15, -0.1) is 0 Å². The second-order valence-corrected chi connectivity index (χ2v) is 6.04. The first-order valence-electron chi connectivity index (χ1n) is 7.36. The van der Waals surface area contributed by atoms with Crippen molar-refractivity contribution >= 4 is 35.0 Å². The summed E-state index contributed by atoms with van der Waals surface area (Å²) >= 11 is 11.8. The molecule has 5 nitrogen and oxygen atoms in total. The normalized spacial score (nSPS) is 10.4. The van der Waals surface area contributed by atoms with E-state index in [4.69, 9.17) is 28.0 Å². The highest BCUT2D eigenvalue weighted by Gasteiger charge is 2.13. The lowest BCUT2D eigenvalue weighted by Crippen LogP contribution is -2.12. The molecule has 0 fully saturated rings. The van der Waals surface area contributed by atoms with Gasteiger partial charge in [0.1, 0.15) is 0 Å². The molecule has 0 bridgehead atoms. The smallest absolute Gasteiger partial charge is 0.336 e. The maximum Gasteiger partial charge on any atom is 0.364 e. The van der Waals surface area contributed by atoms with E-state index >= 15 is 0 Å². The van der Waals surface area contributed by atoms with Crippen LogP contribution in [0.5, 0.6) is 0 Å². The van der Waals surface area contributed by atoms with Gasteiger partial charge in [-0.3, -0.25) is 0 Å². The lowest BCUT2D eigenvalue weighted by Gasteiger charge is -2.09. The van der Waals surface area contributed by atoms with Gasteiger partial charge in [0.2, 0.25) is 0 Å². The molecule has 1 aromatic heterocycles. The van der Waals surface area contributed by atoms with E-state index < -0.39 is 5.97 Å². The number of halogens is 2. The third kappa shape index (κ3) is 4.26. The molecule has 1 heterocycles. The molecule has 0 amide bonds. The van der Waals surface area contributed by atoms with E-state index in [1.807, 2.05) is 37.3 Å². The van der Waals surface area contributed by atoms with Crippen LogP contribution >= 0.6 is 23.2 Å². The molecule has 3 rings (SSSR count). The molecule has 3 aromatic rings. The summed E-state index contributed by atoms with van der Waals surface area (Å²) in [5, 5.41) is 0.650.